The lowest BCUT2D eigenvalue weighted by Crippen LogP contribution is -2.21. The van der Waals surface area contributed by atoms with Crippen molar-refractivity contribution in [3.05, 3.63) is 127 Å². The summed E-state index contributed by atoms with van der Waals surface area (Å²) in [5, 5.41) is 30.2. The maximum Gasteiger partial charge on any atom is 0.132 e. The first-order chi connectivity index (χ1) is 17.2. The summed E-state index contributed by atoms with van der Waals surface area (Å²) in [5.41, 5.74) is 1.33. The van der Waals surface area contributed by atoms with Gasteiger partial charge in [0.05, 0.1) is 0 Å². The summed E-state index contributed by atoms with van der Waals surface area (Å²) in [6.45, 7) is 0. The van der Waals surface area contributed by atoms with E-state index in [0.717, 1.165) is 37.5 Å². The second kappa shape index (κ2) is 8.91. The Morgan fingerprint density at radius 2 is 0.971 bits per heavy atom. The van der Waals surface area contributed by atoms with E-state index >= 15 is 0 Å². The van der Waals surface area contributed by atoms with Gasteiger partial charge in [-0.2, -0.15) is 0 Å². The molecule has 2 nitrogen and oxygen atoms in total. The van der Waals surface area contributed by atoms with Gasteiger partial charge in [0.1, 0.15) is 11.5 Å². The topological polar surface area (TPSA) is 40.5 Å². The number of phenols is 2. The molecule has 0 saturated heterocycles. The molecule has 6 aromatic rings. The van der Waals surface area contributed by atoms with Crippen LogP contribution in [-0.4, -0.2) is 10.2 Å². The Kier molecular flexibility index (Phi) is 5.45. The van der Waals surface area contributed by atoms with Gasteiger partial charge in [-0.3, -0.25) is 0 Å². The lowest BCUT2D eigenvalue weighted by Gasteiger charge is -2.23. The number of rotatable bonds is 4. The predicted octanol–water partition coefficient (Wildman–Crippen LogP) is 6.83. The highest BCUT2D eigenvalue weighted by Crippen LogP contribution is 2.47. The fourth-order valence-corrected chi connectivity index (χ4v) is 7.24. The van der Waals surface area contributed by atoms with Gasteiger partial charge < -0.3 is 10.2 Å². The van der Waals surface area contributed by atoms with Crippen molar-refractivity contribution < 1.29 is 10.2 Å². The summed E-state index contributed by atoms with van der Waals surface area (Å²) in [6, 6.07) is 42.5. The van der Waals surface area contributed by atoms with Crippen molar-refractivity contribution in [2.24, 2.45) is 0 Å². The van der Waals surface area contributed by atoms with E-state index in [0.29, 0.717) is 11.1 Å². The van der Waals surface area contributed by atoms with Crippen LogP contribution >= 0.6 is 7.92 Å². The molecular weight excluding hydrogens is 447 g/mol. The first-order valence-electron chi connectivity index (χ1n) is 11.6. The minimum Gasteiger partial charge on any atom is -0.507 e. The number of benzene rings is 6. The van der Waals surface area contributed by atoms with Crippen molar-refractivity contribution in [3.63, 3.8) is 0 Å². The highest BCUT2D eigenvalue weighted by Gasteiger charge is 2.25. The van der Waals surface area contributed by atoms with Gasteiger partial charge in [0.15, 0.2) is 0 Å². The van der Waals surface area contributed by atoms with Gasteiger partial charge in [0, 0.05) is 16.4 Å². The number of phenolic OH excluding ortho intramolecular Hbond substituents is 2. The third kappa shape index (κ3) is 3.73. The molecule has 0 aliphatic heterocycles. The molecule has 3 heteroatoms. The number of hydrogen-bond donors (Lipinski definition) is 2. The average molecular weight is 471 g/mol. The maximum atomic E-state index is 12.0. The molecule has 168 valence electrons. The van der Waals surface area contributed by atoms with Gasteiger partial charge >= 0.3 is 0 Å². The van der Waals surface area contributed by atoms with E-state index in [2.05, 4.69) is 36.4 Å². The molecule has 0 fully saturated rings. The molecule has 0 spiro atoms. The molecule has 0 aliphatic carbocycles. The summed E-state index contributed by atoms with van der Waals surface area (Å²) in [6.07, 6.45) is 0. The predicted molar refractivity (Wildman–Crippen MR) is 149 cm³/mol. The van der Waals surface area contributed by atoms with Crippen molar-refractivity contribution in [2.75, 3.05) is 0 Å². The van der Waals surface area contributed by atoms with Gasteiger partial charge in [0.25, 0.3) is 0 Å². The summed E-state index contributed by atoms with van der Waals surface area (Å²) < 4.78 is 0. The van der Waals surface area contributed by atoms with Crippen LogP contribution in [0.1, 0.15) is 0 Å². The molecule has 6 rings (SSSR count). The van der Waals surface area contributed by atoms with Crippen LogP contribution in [0.25, 0.3) is 32.7 Å². The molecule has 0 bridgehead atoms. The van der Waals surface area contributed by atoms with Crippen molar-refractivity contribution in [1.82, 2.24) is 0 Å². The summed E-state index contributed by atoms with van der Waals surface area (Å²) in [4.78, 5) is 0. The van der Waals surface area contributed by atoms with Gasteiger partial charge in [-0.1, -0.05) is 115 Å². The van der Waals surface area contributed by atoms with Crippen molar-refractivity contribution in [2.45, 2.75) is 0 Å². The van der Waals surface area contributed by atoms with Gasteiger partial charge in [-0.15, -0.1) is 0 Å². The van der Waals surface area contributed by atoms with Crippen LogP contribution in [0.15, 0.2) is 127 Å². The smallest absolute Gasteiger partial charge is 0.132 e. The Balaban J connectivity index is 1.73. The second-order valence-electron chi connectivity index (χ2n) is 8.53. The van der Waals surface area contributed by atoms with Crippen LogP contribution < -0.4 is 15.9 Å². The third-order valence-electron chi connectivity index (χ3n) is 6.43. The Bertz CT molecular complexity index is 1620. The number of hydrogen-bond acceptors (Lipinski definition) is 2. The zero-order valence-electron chi connectivity index (χ0n) is 19.0. The standard InChI is InChI=1S/C32H23O2P/c33-28-20-19-22-11-7-9-17-26(22)30(28)31-27-18-10-8-12-23(27)21-29(32(31)34)35(24-13-3-1-4-14-24)25-15-5-2-6-16-25/h1-21,33-34H. The molecule has 0 heterocycles. The molecule has 35 heavy (non-hydrogen) atoms. The van der Waals surface area contributed by atoms with Crippen molar-refractivity contribution in [1.29, 1.82) is 0 Å². The van der Waals surface area contributed by atoms with Crippen LogP contribution in [0, 0.1) is 0 Å². The minimum atomic E-state index is -1.03. The molecule has 0 saturated carbocycles. The van der Waals surface area contributed by atoms with Gasteiger partial charge in [-0.25, -0.2) is 0 Å². The lowest BCUT2D eigenvalue weighted by atomic mass is 9.92. The molecular formula is C32H23O2P. The minimum absolute atomic E-state index is 0.157. The fourth-order valence-electron chi connectivity index (χ4n) is 4.85. The summed E-state index contributed by atoms with van der Waals surface area (Å²) in [7, 11) is -1.03. The first-order valence-corrected chi connectivity index (χ1v) is 12.9. The van der Waals surface area contributed by atoms with E-state index in [9.17, 15) is 10.2 Å². The normalized spacial score (nSPS) is 11.3. The monoisotopic (exact) mass is 470 g/mol. The van der Waals surface area contributed by atoms with Crippen LogP contribution in [0.2, 0.25) is 0 Å². The lowest BCUT2D eigenvalue weighted by molar-refractivity contribution is 0.472. The maximum absolute atomic E-state index is 12.0. The van der Waals surface area contributed by atoms with Crippen molar-refractivity contribution >= 4 is 45.4 Å². The Morgan fingerprint density at radius 1 is 0.457 bits per heavy atom. The summed E-state index contributed by atoms with van der Waals surface area (Å²) >= 11 is 0. The van der Waals surface area contributed by atoms with Gasteiger partial charge in [-0.05, 0) is 52.2 Å². The molecule has 0 atom stereocenters. The highest BCUT2D eigenvalue weighted by atomic mass is 31.1. The Labute approximate surface area is 205 Å². The summed E-state index contributed by atoms with van der Waals surface area (Å²) in [5.74, 6) is 0.374. The van der Waals surface area contributed by atoms with E-state index in [1.54, 1.807) is 6.07 Å². The van der Waals surface area contributed by atoms with E-state index in [-0.39, 0.29) is 11.5 Å². The molecule has 0 unspecified atom stereocenters. The molecule has 0 radical (unpaired) electrons. The Morgan fingerprint density at radius 3 is 1.60 bits per heavy atom. The quantitative estimate of drug-likeness (QED) is 0.277. The number of aromatic hydroxyl groups is 2. The zero-order chi connectivity index (χ0) is 23.8. The van der Waals surface area contributed by atoms with Crippen LogP contribution in [-0.2, 0) is 0 Å². The Hall–Kier alpha value is -4.13. The highest BCUT2D eigenvalue weighted by molar-refractivity contribution is 7.80. The van der Waals surface area contributed by atoms with Crippen LogP contribution in [0.3, 0.4) is 0 Å². The van der Waals surface area contributed by atoms with Crippen LogP contribution in [0.5, 0.6) is 11.5 Å². The molecule has 0 aliphatic rings. The third-order valence-corrected chi connectivity index (χ3v) is 8.88. The van der Waals surface area contributed by atoms with E-state index in [1.165, 1.54) is 0 Å². The second-order valence-corrected chi connectivity index (χ2v) is 10.7. The number of fused-ring (bicyclic) bond motifs is 2. The molecule has 2 N–H and O–H groups in total. The van der Waals surface area contributed by atoms with E-state index in [1.807, 2.05) is 84.9 Å². The van der Waals surface area contributed by atoms with E-state index < -0.39 is 7.92 Å². The van der Waals surface area contributed by atoms with Crippen LogP contribution in [0.4, 0.5) is 0 Å². The average Bonchev–Trinajstić information content (AvgIpc) is 2.91. The van der Waals surface area contributed by atoms with E-state index in [4.69, 9.17) is 0 Å². The molecule has 0 aromatic heterocycles. The van der Waals surface area contributed by atoms with Crippen molar-refractivity contribution in [3.8, 4) is 22.6 Å². The molecule has 6 aromatic carbocycles. The molecule has 0 amide bonds. The fraction of sp³-hybridized carbons (Fsp3) is 0. The largest absolute Gasteiger partial charge is 0.507 e. The zero-order valence-corrected chi connectivity index (χ0v) is 19.9. The first kappa shape index (κ1) is 21.4. The van der Waals surface area contributed by atoms with Gasteiger partial charge in [0.2, 0.25) is 0 Å². The SMILES string of the molecule is Oc1ccc2ccccc2c1-c1c(O)c(P(c2ccccc2)c2ccccc2)cc2ccccc12.